The van der Waals surface area contributed by atoms with Gasteiger partial charge in [-0.05, 0) is 17.4 Å². The Kier molecular flexibility index (Phi) is 5.35. The van der Waals surface area contributed by atoms with E-state index >= 15 is 0 Å². The number of hydroxylamine groups is 2. The minimum atomic E-state index is -0.102. The van der Waals surface area contributed by atoms with Crippen LogP contribution in [0, 0.1) is 0 Å². The quantitative estimate of drug-likeness (QED) is 0.740. The third-order valence-corrected chi connectivity index (χ3v) is 3.19. The summed E-state index contributed by atoms with van der Waals surface area (Å²) in [5.41, 5.74) is 1.77. The van der Waals surface area contributed by atoms with E-state index in [4.69, 9.17) is 4.84 Å². The Hall–Kier alpha value is -1.00. The molecule has 0 aliphatic heterocycles. The number of carbonyl (C=O) groups excluding carboxylic acids is 1. The third-order valence-electron chi connectivity index (χ3n) is 2.27. The topological polar surface area (TPSA) is 29.5 Å². The molecule has 0 saturated heterocycles. The van der Waals surface area contributed by atoms with Gasteiger partial charge in [-0.25, -0.2) is 5.06 Å². The molecule has 1 rings (SSSR count). The average molecular weight is 239 g/mol. The van der Waals surface area contributed by atoms with E-state index in [0.29, 0.717) is 5.56 Å². The van der Waals surface area contributed by atoms with Crippen LogP contribution in [0.25, 0.3) is 0 Å². The lowest BCUT2D eigenvalue weighted by atomic mass is 10.1. The van der Waals surface area contributed by atoms with E-state index < -0.39 is 0 Å². The van der Waals surface area contributed by atoms with Gasteiger partial charge in [-0.3, -0.25) is 9.63 Å². The summed E-state index contributed by atoms with van der Waals surface area (Å²) in [5, 5.41) is 1.25. The smallest absolute Gasteiger partial charge is 0.274 e. The number of nitrogens with zero attached hydrogens (tertiary/aromatic N) is 1. The van der Waals surface area contributed by atoms with Crippen LogP contribution in [-0.2, 0) is 10.6 Å². The Morgan fingerprint density at radius 1 is 1.44 bits per heavy atom. The molecule has 4 heteroatoms. The lowest BCUT2D eigenvalue weighted by Gasteiger charge is -2.15. The molecule has 0 aliphatic rings. The number of hydrogen-bond donors (Lipinski definition) is 0. The number of thioether (sulfide) groups is 1. The summed E-state index contributed by atoms with van der Waals surface area (Å²) in [4.78, 5) is 16.9. The van der Waals surface area contributed by atoms with E-state index in [9.17, 15) is 4.79 Å². The van der Waals surface area contributed by atoms with Crippen LogP contribution in [0.5, 0.6) is 0 Å². The maximum absolute atomic E-state index is 12.0. The molecular formula is C12H17NO2S. The van der Waals surface area contributed by atoms with Crippen molar-refractivity contribution in [1.82, 2.24) is 5.06 Å². The first-order chi connectivity index (χ1) is 7.70. The molecule has 88 valence electrons. The molecule has 0 aromatic heterocycles. The predicted octanol–water partition coefficient (Wildman–Crippen LogP) is 2.57. The van der Waals surface area contributed by atoms with Gasteiger partial charge in [-0.1, -0.05) is 25.1 Å². The average Bonchev–Trinajstić information content (AvgIpc) is 2.34. The molecule has 0 heterocycles. The molecule has 16 heavy (non-hydrogen) atoms. The van der Waals surface area contributed by atoms with Crippen LogP contribution >= 0.6 is 11.8 Å². The molecule has 0 fully saturated rings. The first kappa shape index (κ1) is 13.1. The van der Waals surface area contributed by atoms with Crippen LogP contribution in [0.1, 0.15) is 22.8 Å². The van der Waals surface area contributed by atoms with E-state index in [1.807, 2.05) is 24.3 Å². The van der Waals surface area contributed by atoms with Gasteiger partial charge in [-0.15, -0.1) is 0 Å². The predicted molar refractivity (Wildman–Crippen MR) is 67.4 cm³/mol. The molecular weight excluding hydrogens is 222 g/mol. The van der Waals surface area contributed by atoms with E-state index in [-0.39, 0.29) is 5.91 Å². The van der Waals surface area contributed by atoms with Crippen molar-refractivity contribution in [3.05, 3.63) is 35.4 Å². The summed E-state index contributed by atoms with van der Waals surface area (Å²) in [7, 11) is 3.10. The fourth-order valence-corrected chi connectivity index (χ4v) is 2.00. The fraction of sp³-hybridized carbons (Fsp3) is 0.417. The number of carbonyl (C=O) groups is 1. The van der Waals surface area contributed by atoms with E-state index in [1.165, 1.54) is 12.2 Å². The standard InChI is InChI=1S/C12H17NO2S/c1-4-16-9-10-7-5-6-8-11(10)12(14)13(2)15-3/h5-8H,4,9H2,1-3H3. The highest BCUT2D eigenvalue weighted by Crippen LogP contribution is 2.17. The molecule has 1 amide bonds. The van der Waals surface area contributed by atoms with Gasteiger partial charge in [0.2, 0.25) is 0 Å². The van der Waals surface area contributed by atoms with Crippen LogP contribution in [0.3, 0.4) is 0 Å². The van der Waals surface area contributed by atoms with Crippen molar-refractivity contribution in [2.45, 2.75) is 12.7 Å². The summed E-state index contributed by atoms with van der Waals surface area (Å²) in [5.74, 6) is 1.80. The Morgan fingerprint density at radius 2 is 2.12 bits per heavy atom. The molecule has 0 N–H and O–H groups in total. The highest BCUT2D eigenvalue weighted by molar-refractivity contribution is 7.98. The van der Waals surface area contributed by atoms with Crippen molar-refractivity contribution in [1.29, 1.82) is 0 Å². The van der Waals surface area contributed by atoms with Gasteiger partial charge in [0.15, 0.2) is 0 Å². The second-order valence-electron chi connectivity index (χ2n) is 3.28. The van der Waals surface area contributed by atoms with E-state index in [1.54, 1.807) is 18.8 Å². The zero-order chi connectivity index (χ0) is 12.0. The summed E-state index contributed by atoms with van der Waals surface area (Å²) >= 11 is 1.80. The number of benzene rings is 1. The minimum Gasteiger partial charge on any atom is -0.274 e. The molecule has 1 aromatic rings. The number of rotatable bonds is 5. The maximum atomic E-state index is 12.0. The van der Waals surface area contributed by atoms with Crippen LogP contribution in [0.4, 0.5) is 0 Å². The van der Waals surface area contributed by atoms with Crippen LogP contribution in [-0.4, -0.2) is 30.9 Å². The molecule has 0 bridgehead atoms. The van der Waals surface area contributed by atoms with Crippen molar-refractivity contribution < 1.29 is 9.63 Å². The third kappa shape index (κ3) is 3.25. The van der Waals surface area contributed by atoms with Gasteiger partial charge in [-0.2, -0.15) is 11.8 Å². The SMILES string of the molecule is CCSCc1ccccc1C(=O)N(C)OC. The van der Waals surface area contributed by atoms with Gasteiger partial charge in [0.25, 0.3) is 5.91 Å². The Labute approximate surface area is 101 Å². The van der Waals surface area contributed by atoms with E-state index in [0.717, 1.165) is 17.1 Å². The zero-order valence-corrected chi connectivity index (χ0v) is 10.7. The van der Waals surface area contributed by atoms with Gasteiger partial charge in [0.05, 0.1) is 7.11 Å². The number of hydrogen-bond acceptors (Lipinski definition) is 3. The molecule has 0 spiro atoms. The van der Waals surface area contributed by atoms with Crippen LogP contribution in [0.15, 0.2) is 24.3 Å². The highest BCUT2D eigenvalue weighted by atomic mass is 32.2. The van der Waals surface area contributed by atoms with Crippen molar-refractivity contribution >= 4 is 17.7 Å². The molecule has 0 saturated carbocycles. The van der Waals surface area contributed by atoms with Crippen molar-refractivity contribution in [2.24, 2.45) is 0 Å². The summed E-state index contributed by atoms with van der Waals surface area (Å²) in [6.45, 7) is 2.11. The second kappa shape index (κ2) is 6.55. The second-order valence-corrected chi connectivity index (χ2v) is 4.55. The summed E-state index contributed by atoms with van der Waals surface area (Å²) < 4.78 is 0. The van der Waals surface area contributed by atoms with Gasteiger partial charge < -0.3 is 0 Å². The maximum Gasteiger partial charge on any atom is 0.277 e. The minimum absolute atomic E-state index is 0.102. The normalized spacial score (nSPS) is 10.2. The highest BCUT2D eigenvalue weighted by Gasteiger charge is 2.14. The summed E-state index contributed by atoms with van der Waals surface area (Å²) in [6, 6.07) is 7.65. The first-order valence-corrected chi connectivity index (χ1v) is 6.34. The fourth-order valence-electron chi connectivity index (χ4n) is 1.32. The molecule has 0 aliphatic carbocycles. The zero-order valence-electron chi connectivity index (χ0n) is 9.90. The first-order valence-electron chi connectivity index (χ1n) is 5.18. The molecule has 0 atom stereocenters. The van der Waals surface area contributed by atoms with Gasteiger partial charge >= 0.3 is 0 Å². The van der Waals surface area contributed by atoms with Crippen molar-refractivity contribution in [2.75, 3.05) is 19.9 Å². The van der Waals surface area contributed by atoms with Gasteiger partial charge in [0.1, 0.15) is 0 Å². The Morgan fingerprint density at radius 3 is 2.75 bits per heavy atom. The lowest BCUT2D eigenvalue weighted by molar-refractivity contribution is -0.0757. The Balaban J connectivity index is 2.89. The molecule has 0 radical (unpaired) electrons. The Bertz CT molecular complexity index is 355. The molecule has 1 aromatic carbocycles. The molecule has 3 nitrogen and oxygen atoms in total. The lowest BCUT2D eigenvalue weighted by Crippen LogP contribution is -2.26. The van der Waals surface area contributed by atoms with E-state index in [2.05, 4.69) is 6.92 Å². The largest absolute Gasteiger partial charge is 0.277 e. The number of amides is 1. The van der Waals surface area contributed by atoms with Crippen molar-refractivity contribution in [3.8, 4) is 0 Å². The molecule has 0 unspecified atom stereocenters. The monoisotopic (exact) mass is 239 g/mol. The van der Waals surface area contributed by atoms with Crippen LogP contribution in [0.2, 0.25) is 0 Å². The van der Waals surface area contributed by atoms with Crippen LogP contribution < -0.4 is 0 Å². The van der Waals surface area contributed by atoms with Crippen molar-refractivity contribution in [3.63, 3.8) is 0 Å². The van der Waals surface area contributed by atoms with Gasteiger partial charge in [0, 0.05) is 18.4 Å². The summed E-state index contributed by atoms with van der Waals surface area (Å²) in [6.07, 6.45) is 0.